The first-order chi connectivity index (χ1) is 20.3. The maximum absolute atomic E-state index is 13.7. The molecule has 3 atom stereocenters. The van der Waals surface area contributed by atoms with Crippen LogP contribution in [0.5, 0.6) is 5.75 Å². The van der Waals surface area contributed by atoms with Crippen molar-refractivity contribution in [2.45, 2.75) is 44.9 Å². The molecule has 3 aromatic rings. The van der Waals surface area contributed by atoms with Gasteiger partial charge in [-0.2, -0.15) is 13.2 Å². The van der Waals surface area contributed by atoms with Gasteiger partial charge < -0.3 is 15.4 Å². The highest BCUT2D eigenvalue weighted by molar-refractivity contribution is 6.30. The van der Waals surface area contributed by atoms with Crippen molar-refractivity contribution in [1.29, 1.82) is 0 Å². The largest absolute Gasteiger partial charge is 0.497 e. The zero-order chi connectivity index (χ0) is 31.7. The molecule has 0 radical (unpaired) electrons. The quantitative estimate of drug-likeness (QED) is 0.249. The molecule has 3 rings (SSSR count). The molecule has 0 fully saturated rings. The standard InChI is InChI=1S/C32H32ClF3N2O5/c1-19(2)25(29(40)32(34,35)36)18-27(39)28(21-12-14-24(43-3)15-13-21)38-31(42)26(17-20-8-7-11-23(33)16-20)37-30(41)22-9-5-4-6-10-22/h4-16,19,25-26,28H,17-18H2,1-3H3,(H,37,41)(H,38,42)/t25-,26-,28-/m0/s1. The van der Waals surface area contributed by atoms with Gasteiger partial charge >= 0.3 is 6.18 Å². The molecule has 3 aromatic carbocycles. The molecule has 7 nitrogen and oxygen atoms in total. The number of hydrogen-bond donors (Lipinski definition) is 2. The summed E-state index contributed by atoms with van der Waals surface area (Å²) in [6.07, 6.45) is -5.89. The van der Waals surface area contributed by atoms with E-state index in [4.69, 9.17) is 16.3 Å². The highest BCUT2D eigenvalue weighted by Crippen LogP contribution is 2.30. The van der Waals surface area contributed by atoms with Gasteiger partial charge in [0.25, 0.3) is 5.91 Å². The second-order valence-corrected chi connectivity index (χ2v) is 10.8. The van der Waals surface area contributed by atoms with Crippen LogP contribution in [0.2, 0.25) is 5.02 Å². The minimum Gasteiger partial charge on any atom is -0.497 e. The lowest BCUT2D eigenvalue weighted by Crippen LogP contribution is -2.50. The number of halogens is 4. The van der Waals surface area contributed by atoms with Gasteiger partial charge in [-0.3, -0.25) is 19.2 Å². The van der Waals surface area contributed by atoms with Gasteiger partial charge in [-0.15, -0.1) is 0 Å². The summed E-state index contributed by atoms with van der Waals surface area (Å²) >= 11 is 6.12. The number of rotatable bonds is 13. The number of ketones is 2. The highest BCUT2D eigenvalue weighted by atomic mass is 35.5. The van der Waals surface area contributed by atoms with E-state index in [1.807, 2.05) is 0 Å². The zero-order valence-electron chi connectivity index (χ0n) is 23.8. The summed E-state index contributed by atoms with van der Waals surface area (Å²) < 4.78 is 45.2. The third kappa shape index (κ3) is 9.41. The van der Waals surface area contributed by atoms with Gasteiger partial charge in [0, 0.05) is 29.3 Å². The lowest BCUT2D eigenvalue weighted by molar-refractivity contribution is -0.177. The summed E-state index contributed by atoms with van der Waals surface area (Å²) in [5.74, 6) is -6.12. The molecular weight excluding hydrogens is 585 g/mol. The van der Waals surface area contributed by atoms with E-state index in [1.165, 1.54) is 45.2 Å². The topological polar surface area (TPSA) is 102 Å². The Balaban J connectivity index is 1.96. The highest BCUT2D eigenvalue weighted by Gasteiger charge is 2.45. The molecule has 0 aliphatic rings. The van der Waals surface area contributed by atoms with Crippen molar-refractivity contribution in [2.24, 2.45) is 11.8 Å². The Labute approximate surface area is 252 Å². The van der Waals surface area contributed by atoms with Crippen molar-refractivity contribution in [3.05, 3.63) is 101 Å². The average molecular weight is 617 g/mol. The lowest BCUT2D eigenvalue weighted by Gasteiger charge is -2.26. The van der Waals surface area contributed by atoms with E-state index in [2.05, 4.69) is 10.6 Å². The number of alkyl halides is 3. The van der Waals surface area contributed by atoms with Crippen LogP contribution in [0.15, 0.2) is 78.9 Å². The van der Waals surface area contributed by atoms with Crippen LogP contribution in [0.1, 0.15) is 47.8 Å². The van der Waals surface area contributed by atoms with Crippen LogP contribution in [-0.4, -0.2) is 42.7 Å². The number of benzene rings is 3. The normalized spacial score (nSPS) is 13.5. The molecule has 43 heavy (non-hydrogen) atoms. The molecule has 0 aliphatic heterocycles. The van der Waals surface area contributed by atoms with Crippen molar-refractivity contribution in [1.82, 2.24) is 10.6 Å². The fourth-order valence-corrected chi connectivity index (χ4v) is 4.72. The Morgan fingerprint density at radius 1 is 0.884 bits per heavy atom. The van der Waals surface area contributed by atoms with E-state index in [1.54, 1.807) is 54.6 Å². The van der Waals surface area contributed by atoms with E-state index in [9.17, 15) is 32.3 Å². The SMILES string of the molecule is COc1ccc([C@H](NC(=O)[C@H](Cc2cccc(Cl)c2)NC(=O)c2ccccc2)C(=O)C[C@H](C(=O)C(F)(F)F)C(C)C)cc1. The minimum absolute atomic E-state index is 0.00430. The van der Waals surface area contributed by atoms with Gasteiger partial charge in [0.2, 0.25) is 11.7 Å². The predicted octanol–water partition coefficient (Wildman–Crippen LogP) is 5.91. The van der Waals surface area contributed by atoms with Crippen molar-refractivity contribution >= 4 is 35.0 Å². The Morgan fingerprint density at radius 2 is 1.53 bits per heavy atom. The maximum Gasteiger partial charge on any atom is 0.450 e. The van der Waals surface area contributed by atoms with Crippen LogP contribution >= 0.6 is 11.6 Å². The van der Waals surface area contributed by atoms with Crippen LogP contribution in [0.25, 0.3) is 0 Å². The van der Waals surface area contributed by atoms with E-state index in [-0.39, 0.29) is 12.0 Å². The van der Waals surface area contributed by atoms with Crippen LogP contribution < -0.4 is 15.4 Å². The van der Waals surface area contributed by atoms with E-state index in [0.717, 1.165) is 0 Å². The lowest BCUT2D eigenvalue weighted by atomic mass is 9.84. The summed E-state index contributed by atoms with van der Waals surface area (Å²) in [5.41, 5.74) is 1.17. The molecule has 0 aliphatic carbocycles. The first-order valence-electron chi connectivity index (χ1n) is 13.5. The number of Topliss-reactive ketones (excluding diaryl/α,β-unsaturated/α-hetero) is 2. The van der Waals surface area contributed by atoms with Crippen LogP contribution in [0.3, 0.4) is 0 Å². The van der Waals surface area contributed by atoms with Crippen LogP contribution in [0.4, 0.5) is 13.2 Å². The molecule has 0 saturated heterocycles. The molecule has 0 saturated carbocycles. The third-order valence-electron chi connectivity index (χ3n) is 6.89. The number of nitrogens with one attached hydrogen (secondary N) is 2. The molecule has 0 aromatic heterocycles. The number of hydrogen-bond acceptors (Lipinski definition) is 5. The Kier molecular flexibility index (Phi) is 11.5. The summed E-state index contributed by atoms with van der Waals surface area (Å²) in [4.78, 5) is 52.5. The van der Waals surface area contributed by atoms with Gasteiger partial charge in [0.15, 0.2) is 5.78 Å². The van der Waals surface area contributed by atoms with E-state index >= 15 is 0 Å². The minimum atomic E-state index is -5.13. The van der Waals surface area contributed by atoms with Gasteiger partial charge in [0.1, 0.15) is 17.8 Å². The van der Waals surface area contributed by atoms with Crippen molar-refractivity contribution in [3.63, 3.8) is 0 Å². The maximum atomic E-state index is 13.7. The van der Waals surface area contributed by atoms with E-state index in [0.29, 0.717) is 21.9 Å². The Bertz CT molecular complexity index is 1430. The fraction of sp³-hybridized carbons (Fsp3) is 0.312. The number of methoxy groups -OCH3 is 1. The summed E-state index contributed by atoms with van der Waals surface area (Å²) in [5, 5.41) is 5.71. The summed E-state index contributed by atoms with van der Waals surface area (Å²) in [7, 11) is 1.44. The number of ether oxygens (including phenoxy) is 1. The Hall–Kier alpha value is -4.18. The van der Waals surface area contributed by atoms with Crippen LogP contribution in [0, 0.1) is 11.8 Å². The van der Waals surface area contributed by atoms with Crippen molar-refractivity contribution < 1.29 is 37.1 Å². The molecule has 11 heteroatoms. The second-order valence-electron chi connectivity index (χ2n) is 10.3. The molecule has 0 spiro atoms. The summed E-state index contributed by atoms with van der Waals surface area (Å²) in [6.45, 7) is 2.84. The molecule has 0 unspecified atom stereocenters. The number of carbonyl (C=O) groups is 4. The second kappa shape index (κ2) is 14.8. The molecule has 0 heterocycles. The van der Waals surface area contributed by atoms with Gasteiger partial charge in [-0.1, -0.05) is 67.9 Å². The van der Waals surface area contributed by atoms with Crippen molar-refractivity contribution in [3.8, 4) is 5.75 Å². The Morgan fingerprint density at radius 3 is 2.09 bits per heavy atom. The molecular formula is C32H32ClF3N2O5. The van der Waals surface area contributed by atoms with Crippen molar-refractivity contribution in [2.75, 3.05) is 7.11 Å². The number of amides is 2. The molecule has 2 amide bonds. The van der Waals surface area contributed by atoms with Crippen LogP contribution in [-0.2, 0) is 20.8 Å². The zero-order valence-corrected chi connectivity index (χ0v) is 24.5. The van der Waals surface area contributed by atoms with Gasteiger partial charge in [0.05, 0.1) is 7.11 Å². The van der Waals surface area contributed by atoms with E-state index < -0.39 is 59.9 Å². The molecule has 2 N–H and O–H groups in total. The number of carbonyl (C=O) groups excluding carboxylic acids is 4. The molecule has 0 bridgehead atoms. The monoisotopic (exact) mass is 616 g/mol. The average Bonchev–Trinajstić information content (AvgIpc) is 2.97. The van der Waals surface area contributed by atoms with Gasteiger partial charge in [-0.05, 0) is 53.4 Å². The first kappa shape index (κ1) is 33.3. The smallest absolute Gasteiger partial charge is 0.450 e. The predicted molar refractivity (Wildman–Crippen MR) is 156 cm³/mol. The van der Waals surface area contributed by atoms with Gasteiger partial charge in [-0.25, -0.2) is 0 Å². The molecule has 228 valence electrons. The fourth-order valence-electron chi connectivity index (χ4n) is 4.50. The third-order valence-corrected chi connectivity index (χ3v) is 7.12. The summed E-state index contributed by atoms with van der Waals surface area (Å²) in [6, 6.07) is 18.3. The first-order valence-corrected chi connectivity index (χ1v) is 13.9.